The van der Waals surface area contributed by atoms with Crippen LogP contribution in [-0.2, 0) is 21.4 Å². The van der Waals surface area contributed by atoms with Crippen molar-refractivity contribution in [1.82, 2.24) is 24.4 Å². The van der Waals surface area contributed by atoms with Gasteiger partial charge in [0.05, 0.1) is 22.9 Å². The Morgan fingerprint density at radius 1 is 0.889 bits per heavy atom. The van der Waals surface area contributed by atoms with Crippen LogP contribution in [0.4, 0.5) is 5.69 Å². The zero-order valence-corrected chi connectivity index (χ0v) is 27.6. The Balaban J connectivity index is 1.31. The van der Waals surface area contributed by atoms with E-state index in [-0.39, 0.29) is 29.0 Å². The molecule has 10 nitrogen and oxygen atoms in total. The van der Waals surface area contributed by atoms with E-state index in [4.69, 9.17) is 0 Å². The fraction of sp³-hybridized carbons (Fsp3) is 0.333. The first kappa shape index (κ1) is 32.4. The van der Waals surface area contributed by atoms with Crippen molar-refractivity contribution in [2.24, 2.45) is 0 Å². The molecule has 0 atom stereocenters. The largest absolute Gasteiger partial charge is 0.345 e. The van der Waals surface area contributed by atoms with Gasteiger partial charge in [-0.2, -0.15) is 4.31 Å². The van der Waals surface area contributed by atoms with Crippen molar-refractivity contribution >= 4 is 39.3 Å². The van der Waals surface area contributed by atoms with Crippen LogP contribution < -0.4 is 10.6 Å². The topological polar surface area (TPSA) is 126 Å². The van der Waals surface area contributed by atoms with Crippen LogP contribution in [0, 0.1) is 27.7 Å². The molecule has 0 radical (unpaired) electrons. The van der Waals surface area contributed by atoms with Crippen LogP contribution in [0.3, 0.4) is 0 Å². The van der Waals surface area contributed by atoms with E-state index in [9.17, 15) is 18.0 Å². The summed E-state index contributed by atoms with van der Waals surface area (Å²) in [5.74, 6) is 0.0910. The van der Waals surface area contributed by atoms with Crippen LogP contribution in [0.2, 0.25) is 0 Å². The Morgan fingerprint density at radius 3 is 2.36 bits per heavy atom. The lowest BCUT2D eigenvalue weighted by Crippen LogP contribution is -2.35. The molecule has 0 aliphatic carbocycles. The van der Waals surface area contributed by atoms with Crippen LogP contribution >= 0.6 is 11.8 Å². The van der Waals surface area contributed by atoms with Crippen LogP contribution in [-0.4, -0.2) is 58.1 Å². The number of aryl methyl sites for hydroxylation is 3. The number of carbonyl (C=O) groups excluding carboxylic acids is 2. The lowest BCUT2D eigenvalue weighted by molar-refractivity contribution is -0.113. The third-order valence-corrected chi connectivity index (χ3v) is 10.8. The Bertz CT molecular complexity index is 1810. The Morgan fingerprint density at radius 2 is 1.62 bits per heavy atom. The molecule has 0 bridgehead atoms. The quantitative estimate of drug-likeness (QED) is 0.223. The van der Waals surface area contributed by atoms with Gasteiger partial charge in [-0.25, -0.2) is 8.42 Å². The van der Waals surface area contributed by atoms with E-state index < -0.39 is 10.0 Å². The molecule has 5 rings (SSSR count). The second-order valence-electron chi connectivity index (χ2n) is 11.3. The molecule has 1 aliphatic heterocycles. The van der Waals surface area contributed by atoms with E-state index in [2.05, 4.69) is 20.8 Å². The van der Waals surface area contributed by atoms with Gasteiger partial charge in [-0.3, -0.25) is 14.2 Å². The highest BCUT2D eigenvalue weighted by Crippen LogP contribution is 2.27. The molecule has 2 amide bonds. The highest BCUT2D eigenvalue weighted by atomic mass is 32.2. The number of benzene rings is 3. The van der Waals surface area contributed by atoms with Crippen molar-refractivity contribution in [2.75, 3.05) is 24.2 Å². The van der Waals surface area contributed by atoms with Crippen LogP contribution in [0.15, 0.2) is 70.7 Å². The number of carbonyl (C=O) groups is 2. The van der Waals surface area contributed by atoms with Crippen molar-refractivity contribution in [3.63, 3.8) is 0 Å². The molecule has 12 heteroatoms. The Kier molecular flexibility index (Phi) is 10.1. The number of hydrogen-bond acceptors (Lipinski definition) is 7. The molecule has 1 aliphatic rings. The molecule has 45 heavy (non-hydrogen) atoms. The van der Waals surface area contributed by atoms with E-state index >= 15 is 0 Å². The number of amides is 2. The lowest BCUT2D eigenvalue weighted by Gasteiger charge is -2.25. The van der Waals surface area contributed by atoms with Gasteiger partial charge in [0, 0.05) is 24.3 Å². The third kappa shape index (κ3) is 7.46. The summed E-state index contributed by atoms with van der Waals surface area (Å²) in [4.78, 5) is 26.2. The number of sulfonamides is 1. The van der Waals surface area contributed by atoms with E-state index in [1.165, 1.54) is 40.3 Å². The molecule has 0 spiro atoms. The van der Waals surface area contributed by atoms with Gasteiger partial charge >= 0.3 is 0 Å². The van der Waals surface area contributed by atoms with Gasteiger partial charge in [-0.1, -0.05) is 42.4 Å². The van der Waals surface area contributed by atoms with Crippen molar-refractivity contribution in [3.05, 3.63) is 94.3 Å². The predicted octanol–water partition coefficient (Wildman–Crippen LogP) is 5.34. The number of nitrogens with zero attached hydrogens (tertiary/aromatic N) is 4. The summed E-state index contributed by atoms with van der Waals surface area (Å²) < 4.78 is 29.4. The third-order valence-electron chi connectivity index (χ3n) is 7.99. The SMILES string of the molecule is Cc1ccc(C)c(NC(=O)CSc2nnc(CNC(=O)c3ccc(S(=O)(=O)N4CCCCC4)cc3)n2-c2cccc(C)c2C)c1. The maximum absolute atomic E-state index is 13.1. The molecular weight excluding hydrogens is 609 g/mol. The monoisotopic (exact) mass is 646 g/mol. The molecule has 2 heterocycles. The minimum absolute atomic E-state index is 0.0717. The summed E-state index contributed by atoms with van der Waals surface area (Å²) in [5.41, 5.74) is 6.11. The summed E-state index contributed by atoms with van der Waals surface area (Å²) >= 11 is 1.26. The first-order valence-electron chi connectivity index (χ1n) is 14.9. The summed E-state index contributed by atoms with van der Waals surface area (Å²) in [7, 11) is -3.59. The predicted molar refractivity (Wildman–Crippen MR) is 176 cm³/mol. The molecule has 0 unspecified atom stereocenters. The fourth-order valence-electron chi connectivity index (χ4n) is 5.21. The smallest absolute Gasteiger partial charge is 0.251 e. The number of piperidine rings is 1. The summed E-state index contributed by atoms with van der Waals surface area (Å²) in [6.45, 7) is 9.06. The average Bonchev–Trinajstić information content (AvgIpc) is 3.44. The lowest BCUT2D eigenvalue weighted by atomic mass is 10.1. The van der Waals surface area contributed by atoms with E-state index in [1.807, 2.05) is 68.7 Å². The van der Waals surface area contributed by atoms with E-state index in [0.29, 0.717) is 29.6 Å². The van der Waals surface area contributed by atoms with Gasteiger partial charge in [0.15, 0.2) is 11.0 Å². The standard InChI is InChI=1S/C33H38N6O4S2/c1-22-11-12-24(3)28(19-22)35-31(40)21-44-33-37-36-30(39(33)29-10-8-9-23(2)25(29)4)20-34-32(41)26-13-15-27(16-14-26)45(42,43)38-17-6-5-7-18-38/h8-16,19H,5-7,17-18,20-21H2,1-4H3,(H,34,41)(H,35,40). The molecule has 236 valence electrons. The number of rotatable bonds is 10. The number of hydrogen-bond donors (Lipinski definition) is 2. The minimum atomic E-state index is -3.59. The molecule has 0 saturated carbocycles. The summed E-state index contributed by atoms with van der Waals surface area (Å²) in [6, 6.07) is 17.9. The number of aromatic nitrogens is 3. The molecule has 4 aromatic rings. The molecule has 3 aromatic carbocycles. The zero-order valence-electron chi connectivity index (χ0n) is 26.0. The number of anilines is 1. The second-order valence-corrected chi connectivity index (χ2v) is 14.2. The van der Waals surface area contributed by atoms with Gasteiger partial charge in [-0.15, -0.1) is 10.2 Å². The Hall–Kier alpha value is -4.00. The maximum Gasteiger partial charge on any atom is 0.251 e. The average molecular weight is 647 g/mol. The van der Waals surface area contributed by atoms with Gasteiger partial charge < -0.3 is 10.6 Å². The molecule has 1 saturated heterocycles. The first-order chi connectivity index (χ1) is 21.5. The minimum Gasteiger partial charge on any atom is -0.345 e. The van der Waals surface area contributed by atoms with Crippen molar-refractivity contribution in [2.45, 2.75) is 63.6 Å². The van der Waals surface area contributed by atoms with Crippen molar-refractivity contribution in [1.29, 1.82) is 0 Å². The second kappa shape index (κ2) is 14.0. The fourth-order valence-corrected chi connectivity index (χ4v) is 7.49. The van der Waals surface area contributed by atoms with Gasteiger partial charge in [0.25, 0.3) is 5.91 Å². The molecule has 1 aromatic heterocycles. The first-order valence-corrected chi connectivity index (χ1v) is 17.4. The molecule has 2 N–H and O–H groups in total. The maximum atomic E-state index is 13.1. The number of thioether (sulfide) groups is 1. The van der Waals surface area contributed by atoms with Crippen molar-refractivity contribution < 1.29 is 18.0 Å². The zero-order chi connectivity index (χ0) is 32.1. The summed E-state index contributed by atoms with van der Waals surface area (Å²) in [6.07, 6.45) is 2.74. The molecule has 1 fully saturated rings. The van der Waals surface area contributed by atoms with Crippen LogP contribution in [0.5, 0.6) is 0 Å². The van der Waals surface area contributed by atoms with E-state index in [0.717, 1.165) is 52.9 Å². The highest BCUT2D eigenvalue weighted by Gasteiger charge is 2.26. The van der Waals surface area contributed by atoms with Crippen LogP contribution in [0.25, 0.3) is 5.69 Å². The number of nitrogens with one attached hydrogen (secondary N) is 2. The van der Waals surface area contributed by atoms with Gasteiger partial charge in [0.1, 0.15) is 0 Å². The van der Waals surface area contributed by atoms with Crippen molar-refractivity contribution in [3.8, 4) is 5.69 Å². The highest BCUT2D eigenvalue weighted by molar-refractivity contribution is 7.99. The van der Waals surface area contributed by atoms with Gasteiger partial charge in [0.2, 0.25) is 15.9 Å². The van der Waals surface area contributed by atoms with E-state index in [1.54, 1.807) is 0 Å². The molecular formula is C33H38N6O4S2. The van der Waals surface area contributed by atoms with Crippen LogP contribution in [0.1, 0.15) is 57.7 Å². The Labute approximate surface area is 268 Å². The summed E-state index contributed by atoms with van der Waals surface area (Å²) in [5, 5.41) is 15.2. The normalized spacial score (nSPS) is 13.9. The van der Waals surface area contributed by atoms with Gasteiger partial charge in [-0.05, 0) is 99.2 Å².